The minimum absolute atomic E-state index is 0.00490. The van der Waals surface area contributed by atoms with Crippen molar-refractivity contribution >= 4 is 29.2 Å². The van der Waals surface area contributed by atoms with Gasteiger partial charge in [0.15, 0.2) is 0 Å². The van der Waals surface area contributed by atoms with E-state index in [-0.39, 0.29) is 47.7 Å². The van der Waals surface area contributed by atoms with Gasteiger partial charge in [0.05, 0.1) is 31.4 Å². The van der Waals surface area contributed by atoms with Crippen LogP contribution >= 0.6 is 11.6 Å². The molecule has 0 bridgehead atoms. The number of carbonyl (C=O) groups is 2. The van der Waals surface area contributed by atoms with Gasteiger partial charge in [-0.25, -0.2) is 9.78 Å². The van der Waals surface area contributed by atoms with Gasteiger partial charge in [-0.05, 0) is 30.3 Å². The molecule has 0 fully saturated rings. The number of anilines is 1. The third-order valence-corrected chi connectivity index (χ3v) is 4.59. The number of carbonyl (C=O) groups excluding carboxylic acids is 2. The largest absolute Gasteiger partial charge is 0.466 e. The number of halogens is 4. The molecule has 0 aliphatic carbocycles. The highest BCUT2D eigenvalue weighted by Crippen LogP contribution is 2.34. The second kappa shape index (κ2) is 9.45. The number of benzene rings is 1. The maximum absolute atomic E-state index is 12.9. The summed E-state index contributed by atoms with van der Waals surface area (Å²) in [5.41, 5.74) is -0.484. The van der Waals surface area contributed by atoms with Crippen LogP contribution in [0.1, 0.15) is 5.56 Å². The SMILES string of the molecule is COC(=O)C1=C(Nc2ccc(Oc3cc(C(F)(F)F)cc(Cl)n3)cc2)C(=O)N(CCO)C1. The number of amides is 1. The van der Waals surface area contributed by atoms with Gasteiger partial charge in [0.2, 0.25) is 5.88 Å². The fourth-order valence-corrected chi connectivity index (χ4v) is 3.11. The highest BCUT2D eigenvalue weighted by Gasteiger charge is 2.34. The topological polar surface area (TPSA) is 101 Å². The zero-order chi connectivity index (χ0) is 23.5. The molecule has 2 aromatic rings. The van der Waals surface area contributed by atoms with E-state index in [1.165, 1.54) is 36.3 Å². The Bertz CT molecular complexity index is 1060. The van der Waals surface area contributed by atoms with E-state index in [2.05, 4.69) is 10.3 Å². The number of hydrogen-bond acceptors (Lipinski definition) is 7. The van der Waals surface area contributed by atoms with Gasteiger partial charge < -0.3 is 24.8 Å². The van der Waals surface area contributed by atoms with Crippen LogP contribution < -0.4 is 10.1 Å². The Labute approximate surface area is 185 Å². The van der Waals surface area contributed by atoms with E-state index in [1.807, 2.05) is 0 Å². The normalized spacial score (nSPS) is 14.1. The van der Waals surface area contributed by atoms with E-state index in [9.17, 15) is 22.8 Å². The second-order valence-electron chi connectivity index (χ2n) is 6.56. The third-order valence-electron chi connectivity index (χ3n) is 4.40. The fourth-order valence-electron chi connectivity index (χ4n) is 2.91. The molecular weight excluding hydrogens is 455 g/mol. The van der Waals surface area contributed by atoms with Crippen molar-refractivity contribution in [3.63, 3.8) is 0 Å². The standard InChI is InChI=1S/C20H17ClF3N3O5/c1-31-19(30)14-10-27(6-7-28)18(29)17(14)25-12-2-4-13(5-3-12)32-16-9-11(20(22,23)24)8-15(21)26-16/h2-5,8-9,25,28H,6-7,10H2,1H3. The van der Waals surface area contributed by atoms with Crippen LogP contribution in [0.5, 0.6) is 11.6 Å². The summed E-state index contributed by atoms with van der Waals surface area (Å²) < 4.78 is 48.8. The molecule has 0 saturated carbocycles. The molecule has 0 spiro atoms. The van der Waals surface area contributed by atoms with Gasteiger partial charge in [0.1, 0.15) is 16.6 Å². The first-order chi connectivity index (χ1) is 15.1. The van der Waals surface area contributed by atoms with Crippen molar-refractivity contribution in [1.82, 2.24) is 9.88 Å². The number of nitrogens with zero attached hydrogens (tertiary/aromatic N) is 2. The molecule has 1 aromatic carbocycles. The van der Waals surface area contributed by atoms with Crippen LogP contribution in [0.3, 0.4) is 0 Å². The Hall–Kier alpha value is -3.31. The number of methoxy groups -OCH3 is 1. The minimum atomic E-state index is -4.61. The molecule has 12 heteroatoms. The van der Waals surface area contributed by atoms with Crippen LogP contribution in [-0.4, -0.2) is 53.7 Å². The summed E-state index contributed by atoms with van der Waals surface area (Å²) in [4.78, 5) is 29.6. The summed E-state index contributed by atoms with van der Waals surface area (Å²) in [6, 6.07) is 7.26. The lowest BCUT2D eigenvalue weighted by molar-refractivity contribution is -0.138. The van der Waals surface area contributed by atoms with Gasteiger partial charge in [-0.2, -0.15) is 13.2 Å². The lowest BCUT2D eigenvalue weighted by atomic mass is 10.2. The van der Waals surface area contributed by atoms with Crippen molar-refractivity contribution in [2.45, 2.75) is 6.18 Å². The first-order valence-electron chi connectivity index (χ1n) is 9.13. The second-order valence-corrected chi connectivity index (χ2v) is 6.95. The minimum Gasteiger partial charge on any atom is -0.466 e. The highest BCUT2D eigenvalue weighted by atomic mass is 35.5. The Morgan fingerprint density at radius 3 is 2.56 bits per heavy atom. The van der Waals surface area contributed by atoms with Gasteiger partial charge in [-0.3, -0.25) is 4.79 Å². The number of hydrogen-bond donors (Lipinski definition) is 2. The molecule has 1 amide bonds. The van der Waals surface area contributed by atoms with E-state index in [0.29, 0.717) is 11.8 Å². The lowest BCUT2D eigenvalue weighted by Crippen LogP contribution is -2.31. The van der Waals surface area contributed by atoms with Crippen LogP contribution in [0.4, 0.5) is 18.9 Å². The van der Waals surface area contributed by atoms with Gasteiger partial charge in [0.25, 0.3) is 5.91 Å². The highest BCUT2D eigenvalue weighted by molar-refractivity contribution is 6.29. The predicted octanol–water partition coefficient (Wildman–Crippen LogP) is 3.22. The molecule has 2 N–H and O–H groups in total. The Morgan fingerprint density at radius 1 is 1.28 bits per heavy atom. The lowest BCUT2D eigenvalue weighted by Gasteiger charge is -2.15. The third kappa shape index (κ3) is 5.29. The number of esters is 1. The van der Waals surface area contributed by atoms with Crippen LogP contribution in [0.2, 0.25) is 5.15 Å². The van der Waals surface area contributed by atoms with E-state index in [1.54, 1.807) is 0 Å². The monoisotopic (exact) mass is 471 g/mol. The van der Waals surface area contributed by atoms with E-state index in [4.69, 9.17) is 26.2 Å². The predicted molar refractivity (Wildman–Crippen MR) is 107 cm³/mol. The zero-order valence-corrected chi connectivity index (χ0v) is 17.3. The average Bonchev–Trinajstić information content (AvgIpc) is 3.04. The van der Waals surface area contributed by atoms with Crippen molar-refractivity contribution in [2.75, 3.05) is 32.1 Å². The molecule has 0 radical (unpaired) electrons. The molecule has 2 heterocycles. The van der Waals surface area contributed by atoms with Crippen LogP contribution in [-0.2, 0) is 20.5 Å². The molecule has 0 saturated heterocycles. The maximum atomic E-state index is 12.9. The molecule has 1 aliphatic rings. The van der Waals surface area contributed by atoms with Crippen molar-refractivity contribution in [2.24, 2.45) is 0 Å². The summed E-state index contributed by atoms with van der Waals surface area (Å²) in [7, 11) is 1.19. The van der Waals surface area contributed by atoms with Crippen molar-refractivity contribution in [1.29, 1.82) is 0 Å². The fraction of sp³-hybridized carbons (Fsp3) is 0.250. The summed E-state index contributed by atoms with van der Waals surface area (Å²) in [6.45, 7) is -0.242. The Morgan fingerprint density at radius 2 is 1.97 bits per heavy atom. The number of ether oxygens (including phenoxy) is 2. The molecule has 0 unspecified atom stereocenters. The summed E-state index contributed by atoms with van der Waals surface area (Å²) in [6.07, 6.45) is -4.61. The molecular formula is C20H17ClF3N3O5. The zero-order valence-electron chi connectivity index (χ0n) is 16.6. The number of pyridine rings is 1. The molecule has 3 rings (SSSR count). The first kappa shape index (κ1) is 23.4. The summed E-state index contributed by atoms with van der Waals surface area (Å²) in [5.74, 6) is -1.34. The van der Waals surface area contributed by atoms with Crippen LogP contribution in [0.25, 0.3) is 0 Å². The van der Waals surface area contributed by atoms with E-state index >= 15 is 0 Å². The van der Waals surface area contributed by atoms with Crippen molar-refractivity contribution < 1.29 is 37.3 Å². The number of alkyl halides is 3. The quantitative estimate of drug-likeness (QED) is 0.472. The molecule has 1 aliphatic heterocycles. The molecule has 0 atom stereocenters. The van der Waals surface area contributed by atoms with Crippen molar-refractivity contribution in [3.8, 4) is 11.6 Å². The summed E-state index contributed by atoms with van der Waals surface area (Å²) in [5, 5.41) is 11.6. The number of nitrogens with one attached hydrogen (secondary N) is 1. The number of aliphatic hydroxyl groups excluding tert-OH is 1. The molecule has 32 heavy (non-hydrogen) atoms. The molecule has 8 nitrogen and oxygen atoms in total. The summed E-state index contributed by atoms with van der Waals surface area (Å²) >= 11 is 5.65. The average molecular weight is 472 g/mol. The van der Waals surface area contributed by atoms with E-state index < -0.39 is 23.6 Å². The number of aliphatic hydroxyl groups is 1. The number of aromatic nitrogens is 1. The van der Waals surface area contributed by atoms with Crippen LogP contribution in [0, 0.1) is 0 Å². The smallest absolute Gasteiger partial charge is 0.416 e. The van der Waals surface area contributed by atoms with Gasteiger partial charge in [-0.1, -0.05) is 11.6 Å². The molecule has 170 valence electrons. The Kier molecular flexibility index (Phi) is 6.90. The maximum Gasteiger partial charge on any atom is 0.416 e. The van der Waals surface area contributed by atoms with E-state index in [0.717, 1.165) is 6.07 Å². The Balaban J connectivity index is 1.78. The first-order valence-corrected chi connectivity index (χ1v) is 9.51. The number of rotatable bonds is 7. The number of β-amino-alcohol motifs (C(OH)–C–C–N with tert-alkyl or cyclic N) is 1. The van der Waals surface area contributed by atoms with Gasteiger partial charge in [-0.15, -0.1) is 0 Å². The van der Waals surface area contributed by atoms with Gasteiger partial charge >= 0.3 is 12.1 Å². The van der Waals surface area contributed by atoms with Crippen LogP contribution in [0.15, 0.2) is 47.7 Å². The molecule has 1 aromatic heterocycles. The van der Waals surface area contributed by atoms with Crippen molar-refractivity contribution in [3.05, 3.63) is 58.4 Å². The van der Waals surface area contributed by atoms with Gasteiger partial charge in [0, 0.05) is 18.3 Å².